The molecule has 0 atom stereocenters. The number of carbonyl (C=O) groups excluding carboxylic acids is 1. The Kier molecular flexibility index (Phi) is 9.17. The van der Waals surface area contributed by atoms with Crippen LogP contribution in [0.5, 0.6) is 0 Å². The molecular formula is C29H24Cl2F6N2O. The first-order valence-corrected chi connectivity index (χ1v) is 13.0. The fourth-order valence-electron chi connectivity index (χ4n) is 4.61. The number of carbonyl (C=O) groups is 1. The van der Waals surface area contributed by atoms with E-state index in [0.29, 0.717) is 60.2 Å². The highest BCUT2D eigenvalue weighted by atomic mass is 35.5. The van der Waals surface area contributed by atoms with Crippen molar-refractivity contribution in [2.45, 2.75) is 38.3 Å². The van der Waals surface area contributed by atoms with Crippen LogP contribution in [-0.2, 0) is 36.7 Å². The van der Waals surface area contributed by atoms with Crippen LogP contribution >= 0.6 is 23.2 Å². The van der Waals surface area contributed by atoms with Crippen LogP contribution in [0.1, 0.15) is 34.2 Å². The third-order valence-corrected chi connectivity index (χ3v) is 7.28. The van der Waals surface area contributed by atoms with Gasteiger partial charge in [-0.2, -0.15) is 26.3 Å². The highest BCUT2D eigenvalue weighted by molar-refractivity contribution is 6.42. The van der Waals surface area contributed by atoms with E-state index < -0.39 is 35.9 Å². The zero-order valence-corrected chi connectivity index (χ0v) is 22.5. The maximum Gasteiger partial charge on any atom is 0.416 e. The van der Waals surface area contributed by atoms with Crippen molar-refractivity contribution in [1.29, 1.82) is 0 Å². The van der Waals surface area contributed by atoms with Gasteiger partial charge in [0.2, 0.25) is 5.91 Å². The summed E-state index contributed by atoms with van der Waals surface area (Å²) in [5.41, 5.74) is -0.0426. The Hall–Kier alpha value is -3.01. The van der Waals surface area contributed by atoms with E-state index >= 15 is 0 Å². The minimum absolute atomic E-state index is 0.0612. The first-order valence-electron chi connectivity index (χ1n) is 12.3. The van der Waals surface area contributed by atoms with Gasteiger partial charge in [0, 0.05) is 31.8 Å². The molecule has 4 rings (SSSR count). The van der Waals surface area contributed by atoms with E-state index in [9.17, 15) is 31.1 Å². The molecule has 0 saturated heterocycles. The van der Waals surface area contributed by atoms with E-state index in [4.69, 9.17) is 23.2 Å². The minimum Gasteiger partial charge on any atom is -0.348 e. The maximum absolute atomic E-state index is 13.2. The van der Waals surface area contributed by atoms with E-state index in [-0.39, 0.29) is 11.6 Å². The highest BCUT2D eigenvalue weighted by Gasteiger charge is 2.37. The molecule has 3 aromatic rings. The zero-order chi connectivity index (χ0) is 29.1. The number of amides is 1. The van der Waals surface area contributed by atoms with Gasteiger partial charge in [-0.1, -0.05) is 59.6 Å². The number of alkyl halides is 6. The lowest BCUT2D eigenvalue weighted by Crippen LogP contribution is -2.36. The Bertz CT molecular complexity index is 1370. The van der Waals surface area contributed by atoms with E-state index in [1.54, 1.807) is 18.2 Å². The van der Waals surface area contributed by atoms with Crippen LogP contribution in [0, 0.1) is 0 Å². The molecule has 1 heterocycles. The molecule has 0 aliphatic carbocycles. The Morgan fingerprint density at radius 3 is 2.05 bits per heavy atom. The number of nitrogens with one attached hydrogen (secondary N) is 1. The molecule has 0 unspecified atom stereocenters. The molecular weight excluding hydrogens is 577 g/mol. The van der Waals surface area contributed by atoms with Crippen LogP contribution in [0.3, 0.4) is 0 Å². The zero-order valence-electron chi connectivity index (χ0n) is 21.0. The van der Waals surface area contributed by atoms with Gasteiger partial charge in [-0.3, -0.25) is 9.69 Å². The lowest BCUT2D eigenvalue weighted by atomic mass is 9.93. The molecule has 1 N–H and O–H groups in total. The number of hydrogen-bond donors (Lipinski definition) is 1. The average molecular weight is 601 g/mol. The minimum atomic E-state index is -4.97. The smallest absolute Gasteiger partial charge is 0.348 e. The fourth-order valence-corrected chi connectivity index (χ4v) is 4.93. The second kappa shape index (κ2) is 12.2. The number of halogens is 8. The van der Waals surface area contributed by atoms with Gasteiger partial charge in [-0.15, -0.1) is 0 Å². The molecule has 3 nitrogen and oxygen atoms in total. The van der Waals surface area contributed by atoms with Gasteiger partial charge in [0.1, 0.15) is 0 Å². The van der Waals surface area contributed by atoms with Crippen molar-refractivity contribution in [2.24, 2.45) is 0 Å². The van der Waals surface area contributed by atoms with Crippen molar-refractivity contribution in [3.05, 3.63) is 116 Å². The summed E-state index contributed by atoms with van der Waals surface area (Å²) in [7, 11) is 0. The number of hydrogen-bond acceptors (Lipinski definition) is 2. The van der Waals surface area contributed by atoms with Gasteiger partial charge in [-0.05, 0) is 65.4 Å². The van der Waals surface area contributed by atoms with Crippen molar-refractivity contribution < 1.29 is 31.1 Å². The molecule has 1 aliphatic rings. The van der Waals surface area contributed by atoms with Crippen molar-refractivity contribution in [2.75, 3.05) is 13.1 Å². The predicted octanol–water partition coefficient (Wildman–Crippen LogP) is 8.09. The average Bonchev–Trinajstić information content (AvgIpc) is 2.89. The lowest BCUT2D eigenvalue weighted by Gasteiger charge is -2.31. The first-order chi connectivity index (χ1) is 18.8. The Morgan fingerprint density at radius 2 is 1.45 bits per heavy atom. The van der Waals surface area contributed by atoms with Gasteiger partial charge in [0.25, 0.3) is 0 Å². The van der Waals surface area contributed by atoms with E-state index in [2.05, 4.69) is 10.2 Å². The van der Waals surface area contributed by atoms with Crippen molar-refractivity contribution in [3.63, 3.8) is 0 Å². The van der Waals surface area contributed by atoms with Crippen LogP contribution in [0.15, 0.2) is 77.9 Å². The molecule has 1 amide bonds. The summed E-state index contributed by atoms with van der Waals surface area (Å²) >= 11 is 12.2. The van der Waals surface area contributed by atoms with Gasteiger partial charge in [-0.25, -0.2) is 0 Å². The molecule has 0 bridgehead atoms. The van der Waals surface area contributed by atoms with Crippen LogP contribution < -0.4 is 5.32 Å². The third kappa shape index (κ3) is 7.80. The topological polar surface area (TPSA) is 32.3 Å². The van der Waals surface area contributed by atoms with Crippen molar-refractivity contribution in [3.8, 4) is 0 Å². The summed E-state index contributed by atoms with van der Waals surface area (Å²) in [5.74, 6) is -0.541. The maximum atomic E-state index is 13.2. The van der Waals surface area contributed by atoms with Crippen LogP contribution in [0.2, 0.25) is 10.0 Å². The second-order valence-electron chi connectivity index (χ2n) is 9.55. The Labute approximate surface area is 237 Å². The standard InChI is InChI=1S/C29H24Cl2F6N2O/c30-25-7-6-19(13-26(25)31)10-21-17-39(16-18-4-2-1-3-5-18)9-8-24(21)27(40)38-15-20-11-22(28(32,33)34)14-23(12-20)29(35,36)37/h1-7,11-14H,8-10,15-17H2,(H,38,40). The van der Waals surface area contributed by atoms with Gasteiger partial charge in [0.15, 0.2) is 0 Å². The Balaban J connectivity index is 1.58. The summed E-state index contributed by atoms with van der Waals surface area (Å²) in [6, 6.07) is 16.2. The largest absolute Gasteiger partial charge is 0.416 e. The van der Waals surface area contributed by atoms with Crippen LogP contribution in [0.4, 0.5) is 26.3 Å². The first kappa shape index (κ1) is 30.0. The third-order valence-electron chi connectivity index (χ3n) is 6.54. The fraction of sp³-hybridized carbons (Fsp3) is 0.276. The van der Waals surface area contributed by atoms with E-state index in [1.807, 2.05) is 30.3 Å². The van der Waals surface area contributed by atoms with Gasteiger partial charge < -0.3 is 5.32 Å². The molecule has 0 radical (unpaired) electrons. The van der Waals surface area contributed by atoms with Crippen molar-refractivity contribution in [1.82, 2.24) is 10.2 Å². The molecule has 0 spiro atoms. The summed E-state index contributed by atoms with van der Waals surface area (Å²) in [6.07, 6.45) is -9.22. The summed E-state index contributed by atoms with van der Waals surface area (Å²) < 4.78 is 79.5. The number of rotatable bonds is 7. The monoisotopic (exact) mass is 600 g/mol. The molecule has 11 heteroatoms. The molecule has 0 fully saturated rings. The molecule has 3 aromatic carbocycles. The molecule has 0 saturated carbocycles. The van der Waals surface area contributed by atoms with Crippen LogP contribution in [-0.4, -0.2) is 23.9 Å². The number of benzene rings is 3. The quantitative estimate of drug-likeness (QED) is 0.278. The normalized spacial score (nSPS) is 14.9. The SMILES string of the molecule is O=C(NCc1cc(C(F)(F)F)cc(C(F)(F)F)c1)C1=C(Cc2ccc(Cl)c(Cl)c2)CN(Cc2ccccc2)CC1. The summed E-state index contributed by atoms with van der Waals surface area (Å²) in [4.78, 5) is 15.4. The highest BCUT2D eigenvalue weighted by Crippen LogP contribution is 2.36. The second-order valence-corrected chi connectivity index (χ2v) is 10.4. The molecule has 212 valence electrons. The van der Waals surface area contributed by atoms with E-state index in [1.165, 1.54) is 0 Å². The summed E-state index contributed by atoms with van der Waals surface area (Å²) in [5, 5.41) is 3.26. The van der Waals surface area contributed by atoms with E-state index in [0.717, 1.165) is 16.7 Å². The van der Waals surface area contributed by atoms with Crippen molar-refractivity contribution >= 4 is 29.1 Å². The van der Waals surface area contributed by atoms with Gasteiger partial charge in [0.05, 0.1) is 21.2 Å². The lowest BCUT2D eigenvalue weighted by molar-refractivity contribution is -0.143. The van der Waals surface area contributed by atoms with Crippen LogP contribution in [0.25, 0.3) is 0 Å². The molecule has 40 heavy (non-hydrogen) atoms. The summed E-state index contributed by atoms with van der Waals surface area (Å²) in [6.45, 7) is 1.14. The predicted molar refractivity (Wildman–Crippen MR) is 142 cm³/mol. The number of nitrogens with zero attached hydrogens (tertiary/aromatic N) is 1. The Morgan fingerprint density at radius 1 is 0.800 bits per heavy atom. The molecule has 1 aliphatic heterocycles. The molecule has 0 aromatic heterocycles. The van der Waals surface area contributed by atoms with Gasteiger partial charge >= 0.3 is 12.4 Å².